The Kier molecular flexibility index (Phi) is 4.90. The fraction of sp³-hybridized carbons (Fsp3) is 0.160. The molecule has 4 nitrogen and oxygen atoms in total. The van der Waals surface area contributed by atoms with Crippen LogP contribution < -0.4 is 10.1 Å². The number of ether oxygens (including phenoxy) is 1. The van der Waals surface area contributed by atoms with Crippen molar-refractivity contribution in [2.45, 2.75) is 25.5 Å². The topological polar surface area (TPSA) is 43.3 Å². The summed E-state index contributed by atoms with van der Waals surface area (Å²) in [7, 11) is 0. The Balaban J connectivity index is 1.64. The van der Waals surface area contributed by atoms with Crippen LogP contribution in [0.4, 0.5) is 14.5 Å². The van der Waals surface area contributed by atoms with Gasteiger partial charge in [0.15, 0.2) is 0 Å². The summed E-state index contributed by atoms with van der Waals surface area (Å²) in [6, 6.07) is 22.6. The lowest BCUT2D eigenvalue weighted by atomic mass is 9.88. The summed E-state index contributed by atoms with van der Waals surface area (Å²) in [5.41, 5.74) is 4.72. The number of aromatic nitrogens is 1. The fourth-order valence-corrected chi connectivity index (χ4v) is 4.37. The molecule has 3 aromatic carbocycles. The molecule has 0 saturated heterocycles. The Morgan fingerprint density at radius 3 is 2.65 bits per heavy atom. The van der Waals surface area contributed by atoms with Gasteiger partial charge in [0.1, 0.15) is 5.75 Å². The molecular formula is C25H20F2N2O2. The summed E-state index contributed by atoms with van der Waals surface area (Å²) in [6.07, 6.45) is 2.30. The van der Waals surface area contributed by atoms with Crippen LogP contribution in [0.3, 0.4) is 0 Å². The number of carbonyl (C=O) groups excluding carboxylic acids is 1. The van der Waals surface area contributed by atoms with Crippen molar-refractivity contribution < 1.29 is 18.3 Å². The second-order valence-electron chi connectivity index (χ2n) is 7.65. The zero-order valence-electron chi connectivity index (χ0n) is 16.6. The molecule has 1 aliphatic heterocycles. The number of benzene rings is 3. The van der Waals surface area contributed by atoms with E-state index in [1.165, 1.54) is 11.6 Å². The van der Waals surface area contributed by atoms with Gasteiger partial charge in [0.25, 0.3) is 0 Å². The summed E-state index contributed by atoms with van der Waals surface area (Å²) >= 11 is 0. The molecule has 0 radical (unpaired) electrons. The number of nitrogens with one attached hydrogen (secondary N) is 1. The van der Waals surface area contributed by atoms with Crippen LogP contribution >= 0.6 is 0 Å². The highest BCUT2D eigenvalue weighted by atomic mass is 19.3. The number of halogens is 2. The normalized spacial score (nSPS) is 15.7. The molecule has 0 saturated carbocycles. The summed E-state index contributed by atoms with van der Waals surface area (Å²) in [5.74, 6) is -0.293. The molecule has 2 heterocycles. The Labute approximate surface area is 178 Å². The number of anilines is 1. The van der Waals surface area contributed by atoms with Crippen molar-refractivity contribution >= 4 is 22.5 Å². The van der Waals surface area contributed by atoms with Crippen molar-refractivity contribution in [2.24, 2.45) is 0 Å². The first-order chi connectivity index (χ1) is 15.1. The minimum atomic E-state index is -2.90. The Bertz CT molecular complexity index is 1250. The SMILES string of the molecule is O=C1CC(c2cccc(OC(F)F)c2)c2cn(Cc3ccccc3)c3cccc(c23)N1. The van der Waals surface area contributed by atoms with Gasteiger partial charge in [-0.25, -0.2) is 0 Å². The van der Waals surface area contributed by atoms with E-state index in [1.54, 1.807) is 12.1 Å². The lowest BCUT2D eigenvalue weighted by Crippen LogP contribution is -2.14. The minimum Gasteiger partial charge on any atom is -0.435 e. The molecule has 1 atom stereocenters. The molecule has 156 valence electrons. The maximum atomic E-state index is 12.7. The molecule has 1 unspecified atom stereocenters. The van der Waals surface area contributed by atoms with Crippen molar-refractivity contribution in [3.05, 3.63) is 95.7 Å². The molecule has 1 aromatic heterocycles. The second-order valence-corrected chi connectivity index (χ2v) is 7.65. The Morgan fingerprint density at radius 2 is 1.84 bits per heavy atom. The van der Waals surface area contributed by atoms with E-state index in [9.17, 15) is 13.6 Å². The molecule has 6 heteroatoms. The van der Waals surface area contributed by atoms with Crippen LogP contribution in [-0.4, -0.2) is 17.1 Å². The smallest absolute Gasteiger partial charge is 0.387 e. The van der Waals surface area contributed by atoms with Gasteiger partial charge in [-0.3, -0.25) is 4.79 Å². The van der Waals surface area contributed by atoms with Gasteiger partial charge in [-0.2, -0.15) is 8.78 Å². The Hall–Kier alpha value is -3.67. The first-order valence-electron chi connectivity index (χ1n) is 10.1. The highest BCUT2D eigenvalue weighted by molar-refractivity contribution is 6.06. The zero-order valence-corrected chi connectivity index (χ0v) is 16.6. The molecular weight excluding hydrogens is 398 g/mol. The number of hydrogen-bond acceptors (Lipinski definition) is 2. The maximum absolute atomic E-state index is 12.7. The number of alkyl halides is 2. The highest BCUT2D eigenvalue weighted by Crippen LogP contribution is 2.41. The van der Waals surface area contributed by atoms with Crippen molar-refractivity contribution in [1.29, 1.82) is 0 Å². The van der Waals surface area contributed by atoms with E-state index in [2.05, 4.69) is 33.0 Å². The van der Waals surface area contributed by atoms with Crippen molar-refractivity contribution in [3.8, 4) is 5.75 Å². The van der Waals surface area contributed by atoms with Crippen molar-refractivity contribution in [1.82, 2.24) is 4.57 Å². The van der Waals surface area contributed by atoms with Crippen molar-refractivity contribution in [2.75, 3.05) is 5.32 Å². The van der Waals surface area contributed by atoms with Crippen LogP contribution in [-0.2, 0) is 11.3 Å². The van der Waals surface area contributed by atoms with Crippen LogP contribution in [0, 0.1) is 0 Å². The third kappa shape index (κ3) is 3.77. The minimum absolute atomic E-state index is 0.0883. The number of amides is 1. The molecule has 5 rings (SSSR count). The molecule has 1 aliphatic rings. The standard InChI is InChI=1S/C25H20F2N2O2/c26-25(27)31-18-9-4-8-17(12-18)19-13-23(30)28-21-10-5-11-22-24(21)20(19)15-29(22)14-16-6-2-1-3-7-16/h1-12,15,19,25H,13-14H2,(H,28,30). The average Bonchev–Trinajstić information content (AvgIpc) is 3.04. The molecule has 4 aromatic rings. The third-order valence-electron chi connectivity index (χ3n) is 5.66. The van der Waals surface area contributed by atoms with E-state index in [1.807, 2.05) is 42.5 Å². The Morgan fingerprint density at radius 1 is 1.03 bits per heavy atom. The fourth-order valence-electron chi connectivity index (χ4n) is 4.37. The zero-order chi connectivity index (χ0) is 21.4. The maximum Gasteiger partial charge on any atom is 0.387 e. The van der Waals surface area contributed by atoms with Gasteiger partial charge in [0.2, 0.25) is 5.91 Å². The molecule has 0 spiro atoms. The van der Waals surface area contributed by atoms with E-state index >= 15 is 0 Å². The van der Waals surface area contributed by atoms with Crippen LogP contribution in [0.25, 0.3) is 10.9 Å². The van der Waals surface area contributed by atoms with Gasteiger partial charge < -0.3 is 14.6 Å². The molecule has 1 amide bonds. The average molecular weight is 418 g/mol. The molecule has 31 heavy (non-hydrogen) atoms. The summed E-state index contributed by atoms with van der Waals surface area (Å²) in [6.45, 7) is -2.21. The number of rotatable bonds is 5. The van der Waals surface area contributed by atoms with Gasteiger partial charge in [0, 0.05) is 30.5 Å². The van der Waals surface area contributed by atoms with Crippen LogP contribution in [0.1, 0.15) is 29.0 Å². The monoisotopic (exact) mass is 418 g/mol. The highest BCUT2D eigenvalue weighted by Gasteiger charge is 2.28. The van der Waals surface area contributed by atoms with E-state index in [-0.39, 0.29) is 24.0 Å². The largest absolute Gasteiger partial charge is 0.435 e. The summed E-state index contributed by atoms with van der Waals surface area (Å²) < 4.78 is 32.2. The summed E-state index contributed by atoms with van der Waals surface area (Å²) in [4.78, 5) is 12.6. The van der Waals surface area contributed by atoms with E-state index < -0.39 is 6.61 Å². The van der Waals surface area contributed by atoms with Crippen LogP contribution in [0.15, 0.2) is 79.0 Å². The first-order valence-corrected chi connectivity index (χ1v) is 10.1. The van der Waals surface area contributed by atoms with Gasteiger partial charge in [-0.1, -0.05) is 48.5 Å². The third-order valence-corrected chi connectivity index (χ3v) is 5.66. The molecule has 0 aliphatic carbocycles. The first kappa shape index (κ1) is 19.3. The summed E-state index contributed by atoms with van der Waals surface area (Å²) in [5, 5.41) is 3.99. The van der Waals surface area contributed by atoms with Crippen LogP contribution in [0.5, 0.6) is 5.75 Å². The van der Waals surface area contributed by atoms with Gasteiger partial charge in [0.05, 0.1) is 11.2 Å². The molecule has 0 fully saturated rings. The van der Waals surface area contributed by atoms with E-state index in [0.29, 0.717) is 6.54 Å². The van der Waals surface area contributed by atoms with Crippen LogP contribution in [0.2, 0.25) is 0 Å². The number of nitrogens with zero attached hydrogens (tertiary/aromatic N) is 1. The van der Waals surface area contributed by atoms with Gasteiger partial charge >= 0.3 is 6.61 Å². The van der Waals surface area contributed by atoms with Crippen molar-refractivity contribution in [3.63, 3.8) is 0 Å². The lowest BCUT2D eigenvalue weighted by Gasteiger charge is -2.16. The predicted molar refractivity (Wildman–Crippen MR) is 116 cm³/mol. The second kappa shape index (κ2) is 7.87. The van der Waals surface area contributed by atoms with E-state index in [0.717, 1.165) is 27.7 Å². The van der Waals surface area contributed by atoms with Gasteiger partial charge in [-0.05, 0) is 41.0 Å². The quantitative estimate of drug-likeness (QED) is 0.447. The number of carbonyl (C=O) groups is 1. The lowest BCUT2D eigenvalue weighted by molar-refractivity contribution is -0.116. The molecule has 1 N–H and O–H groups in total. The molecule has 0 bridgehead atoms. The predicted octanol–water partition coefficient (Wildman–Crippen LogP) is 5.77. The van der Waals surface area contributed by atoms with E-state index in [4.69, 9.17) is 0 Å². The number of hydrogen-bond donors (Lipinski definition) is 1. The van der Waals surface area contributed by atoms with Gasteiger partial charge in [-0.15, -0.1) is 0 Å².